The third-order valence-electron chi connectivity index (χ3n) is 5.35. The van der Waals surface area contributed by atoms with Gasteiger partial charge in [-0.2, -0.15) is 0 Å². The number of nitrogens with one attached hydrogen (secondary N) is 1. The summed E-state index contributed by atoms with van der Waals surface area (Å²) in [6.45, 7) is 4.40. The van der Waals surface area contributed by atoms with Gasteiger partial charge in [0.05, 0.1) is 23.6 Å². The predicted octanol–water partition coefficient (Wildman–Crippen LogP) is 3.30. The van der Waals surface area contributed by atoms with Crippen LogP contribution in [0.1, 0.15) is 42.1 Å². The normalized spacial score (nSPS) is 20.5. The predicted molar refractivity (Wildman–Crippen MR) is 111 cm³/mol. The molecular weight excluding hydrogens is 390 g/mol. The number of carbonyl (C=O) groups excluding carboxylic acids is 3. The van der Waals surface area contributed by atoms with Crippen LogP contribution in [0.15, 0.2) is 24.3 Å². The van der Waals surface area contributed by atoms with Crippen molar-refractivity contribution in [2.45, 2.75) is 33.1 Å². The molecule has 4 rings (SSSR count). The van der Waals surface area contributed by atoms with Crippen LogP contribution >= 0.6 is 11.3 Å². The van der Waals surface area contributed by atoms with Crippen molar-refractivity contribution in [1.82, 2.24) is 4.98 Å². The van der Waals surface area contributed by atoms with E-state index in [1.807, 2.05) is 13.8 Å². The monoisotopic (exact) mass is 413 g/mol. The lowest BCUT2D eigenvalue weighted by Crippen LogP contribution is -2.28. The largest absolute Gasteiger partial charge is 0.497 e. The van der Waals surface area contributed by atoms with Crippen LogP contribution in [0.2, 0.25) is 0 Å². The van der Waals surface area contributed by atoms with Crippen molar-refractivity contribution in [1.29, 1.82) is 0 Å². The lowest BCUT2D eigenvalue weighted by molar-refractivity contribution is -0.122. The quantitative estimate of drug-likeness (QED) is 0.831. The molecule has 2 aromatic rings. The molecule has 0 radical (unpaired) electrons. The zero-order chi connectivity index (χ0) is 20.8. The SMILES string of the molecule is COc1ccc(N2C[C@H](C(=O)Nc3nc4c(s3)C(=O)CC(C)(C)C4)CC2=O)cc1. The lowest BCUT2D eigenvalue weighted by Gasteiger charge is -2.26. The van der Waals surface area contributed by atoms with E-state index < -0.39 is 5.92 Å². The van der Waals surface area contributed by atoms with Crippen LogP contribution in [0.5, 0.6) is 5.75 Å². The number of hydrogen-bond acceptors (Lipinski definition) is 6. The molecule has 152 valence electrons. The molecule has 1 N–H and O–H groups in total. The van der Waals surface area contributed by atoms with Crippen molar-refractivity contribution in [3.63, 3.8) is 0 Å². The summed E-state index contributed by atoms with van der Waals surface area (Å²) in [4.78, 5) is 44.2. The second-order valence-corrected chi connectivity index (χ2v) is 9.33. The van der Waals surface area contributed by atoms with Crippen LogP contribution in [0.25, 0.3) is 0 Å². The number of fused-ring (bicyclic) bond motifs is 1. The van der Waals surface area contributed by atoms with Crippen LogP contribution < -0.4 is 15.0 Å². The highest BCUT2D eigenvalue weighted by atomic mass is 32.1. The number of carbonyl (C=O) groups is 3. The van der Waals surface area contributed by atoms with Crippen molar-refractivity contribution >= 4 is 39.8 Å². The molecule has 7 nitrogen and oxygen atoms in total. The first-order valence-electron chi connectivity index (χ1n) is 9.54. The smallest absolute Gasteiger partial charge is 0.231 e. The number of benzene rings is 1. The van der Waals surface area contributed by atoms with Gasteiger partial charge in [-0.25, -0.2) is 4.98 Å². The summed E-state index contributed by atoms with van der Waals surface area (Å²) in [5.74, 6) is -0.00774. The second kappa shape index (κ2) is 7.26. The van der Waals surface area contributed by atoms with Gasteiger partial charge >= 0.3 is 0 Å². The number of aromatic nitrogens is 1. The molecule has 2 amide bonds. The number of ketones is 1. The van der Waals surface area contributed by atoms with Gasteiger partial charge in [0.25, 0.3) is 0 Å². The molecule has 1 fully saturated rings. The van der Waals surface area contributed by atoms with E-state index in [2.05, 4.69) is 10.3 Å². The van der Waals surface area contributed by atoms with Crippen molar-refractivity contribution in [2.75, 3.05) is 23.9 Å². The maximum Gasteiger partial charge on any atom is 0.231 e. The fraction of sp³-hybridized carbons (Fsp3) is 0.429. The Hall–Kier alpha value is -2.74. The van der Waals surface area contributed by atoms with Crippen LogP contribution in [-0.4, -0.2) is 36.2 Å². The lowest BCUT2D eigenvalue weighted by atomic mass is 9.78. The van der Waals surface area contributed by atoms with Gasteiger partial charge in [0.1, 0.15) is 5.75 Å². The van der Waals surface area contributed by atoms with Gasteiger partial charge in [-0.1, -0.05) is 25.2 Å². The fourth-order valence-electron chi connectivity index (χ4n) is 3.88. The molecule has 1 aromatic carbocycles. The van der Waals surface area contributed by atoms with E-state index in [0.717, 1.165) is 11.4 Å². The Morgan fingerprint density at radius 2 is 1.97 bits per heavy atom. The maximum absolute atomic E-state index is 12.7. The zero-order valence-electron chi connectivity index (χ0n) is 16.7. The van der Waals surface area contributed by atoms with Gasteiger partial charge in [0.2, 0.25) is 11.8 Å². The summed E-state index contributed by atoms with van der Waals surface area (Å²) in [6, 6.07) is 7.18. The number of nitrogens with zero attached hydrogens (tertiary/aromatic N) is 2. The van der Waals surface area contributed by atoms with Gasteiger partial charge in [0, 0.05) is 25.1 Å². The minimum atomic E-state index is -0.460. The van der Waals surface area contributed by atoms with Crippen LogP contribution in [-0.2, 0) is 16.0 Å². The molecule has 1 aliphatic heterocycles. The number of hydrogen-bond donors (Lipinski definition) is 1. The summed E-state index contributed by atoms with van der Waals surface area (Å²) in [5.41, 5.74) is 1.38. The third-order valence-corrected chi connectivity index (χ3v) is 6.40. The van der Waals surface area contributed by atoms with E-state index in [4.69, 9.17) is 4.74 Å². The second-order valence-electron chi connectivity index (χ2n) is 8.33. The van der Waals surface area contributed by atoms with E-state index >= 15 is 0 Å². The number of rotatable bonds is 4. The van der Waals surface area contributed by atoms with E-state index in [9.17, 15) is 14.4 Å². The Bertz CT molecular complexity index is 980. The summed E-state index contributed by atoms with van der Waals surface area (Å²) in [6.07, 6.45) is 1.35. The highest BCUT2D eigenvalue weighted by Gasteiger charge is 2.37. The minimum Gasteiger partial charge on any atom is -0.497 e. The number of thiazole rings is 1. The standard InChI is InChI=1S/C21H23N3O4S/c1-21(2)9-15-18(16(25)10-21)29-20(22-15)23-19(27)12-8-17(26)24(11-12)13-4-6-14(28-3)7-5-13/h4-7,12H,8-11H2,1-3H3,(H,22,23,27)/t12-/m1/s1. The van der Waals surface area contributed by atoms with Gasteiger partial charge in [-0.3, -0.25) is 14.4 Å². The van der Waals surface area contributed by atoms with Crippen LogP contribution in [0.4, 0.5) is 10.8 Å². The van der Waals surface area contributed by atoms with E-state index in [0.29, 0.717) is 35.1 Å². The third kappa shape index (κ3) is 3.89. The van der Waals surface area contributed by atoms with Crippen molar-refractivity contribution in [3.05, 3.63) is 34.8 Å². The Labute approximate surface area is 173 Å². The molecule has 0 unspecified atom stereocenters. The average Bonchev–Trinajstić information content (AvgIpc) is 3.24. The van der Waals surface area contributed by atoms with Gasteiger partial charge in [0.15, 0.2) is 10.9 Å². The fourth-order valence-corrected chi connectivity index (χ4v) is 4.80. The number of Topliss-reactive ketones (excluding diaryl/α,β-unsaturated/α-hetero) is 1. The molecule has 1 saturated heterocycles. The van der Waals surface area contributed by atoms with Crippen LogP contribution in [0, 0.1) is 11.3 Å². The molecule has 1 atom stereocenters. The topological polar surface area (TPSA) is 88.6 Å². The van der Waals surface area contributed by atoms with E-state index in [-0.39, 0.29) is 29.4 Å². The molecule has 1 aliphatic carbocycles. The molecule has 2 heterocycles. The number of anilines is 2. The van der Waals surface area contributed by atoms with E-state index in [1.54, 1.807) is 36.3 Å². The van der Waals surface area contributed by atoms with E-state index in [1.165, 1.54) is 11.3 Å². The Kier molecular flexibility index (Phi) is 4.90. The first kappa shape index (κ1) is 19.6. The van der Waals surface area contributed by atoms with Crippen molar-refractivity contribution in [3.8, 4) is 5.75 Å². The highest BCUT2D eigenvalue weighted by Crippen LogP contribution is 2.38. The molecule has 0 spiro atoms. The van der Waals surface area contributed by atoms with Gasteiger partial charge in [-0.05, 0) is 36.1 Å². The first-order chi connectivity index (χ1) is 13.8. The molecule has 29 heavy (non-hydrogen) atoms. The molecule has 2 aliphatic rings. The summed E-state index contributed by atoms with van der Waals surface area (Å²) in [5, 5.41) is 3.25. The Morgan fingerprint density at radius 1 is 1.24 bits per heavy atom. The molecule has 8 heteroatoms. The minimum absolute atomic E-state index is 0.0796. The van der Waals surface area contributed by atoms with Crippen molar-refractivity contribution < 1.29 is 19.1 Å². The maximum atomic E-state index is 12.7. The number of amides is 2. The summed E-state index contributed by atoms with van der Waals surface area (Å²) >= 11 is 1.23. The molecule has 0 saturated carbocycles. The van der Waals surface area contributed by atoms with Gasteiger partial charge < -0.3 is 15.0 Å². The Balaban J connectivity index is 1.44. The molecular formula is C21H23N3O4S. The number of ether oxygens (including phenoxy) is 1. The molecule has 1 aromatic heterocycles. The van der Waals surface area contributed by atoms with Crippen molar-refractivity contribution in [2.24, 2.45) is 11.3 Å². The van der Waals surface area contributed by atoms with Crippen LogP contribution in [0.3, 0.4) is 0 Å². The Morgan fingerprint density at radius 3 is 2.66 bits per heavy atom. The summed E-state index contributed by atoms with van der Waals surface area (Å²) in [7, 11) is 1.58. The molecule has 0 bridgehead atoms. The average molecular weight is 413 g/mol. The number of methoxy groups -OCH3 is 1. The summed E-state index contributed by atoms with van der Waals surface area (Å²) < 4.78 is 5.14. The van der Waals surface area contributed by atoms with Gasteiger partial charge in [-0.15, -0.1) is 0 Å². The zero-order valence-corrected chi connectivity index (χ0v) is 17.5. The highest BCUT2D eigenvalue weighted by molar-refractivity contribution is 7.17. The first-order valence-corrected chi connectivity index (χ1v) is 10.4.